The van der Waals surface area contributed by atoms with Gasteiger partial charge in [0.15, 0.2) is 11.5 Å². The van der Waals surface area contributed by atoms with Gasteiger partial charge in [-0.2, -0.15) is 0 Å². The van der Waals surface area contributed by atoms with Crippen molar-refractivity contribution in [3.05, 3.63) is 18.2 Å². The highest BCUT2D eigenvalue weighted by Crippen LogP contribution is 2.34. The molecule has 0 saturated heterocycles. The number of ether oxygens (including phenoxy) is 3. The molecule has 1 aliphatic rings. The highest BCUT2D eigenvalue weighted by Gasteiger charge is 2.15. The number of hydrogen-bond donors (Lipinski definition) is 0. The summed E-state index contributed by atoms with van der Waals surface area (Å²) < 4.78 is 16.2. The minimum absolute atomic E-state index is 0.115. The summed E-state index contributed by atoms with van der Waals surface area (Å²) in [4.78, 5) is 12.6. The molecule has 1 unspecified atom stereocenters. The predicted octanol–water partition coefficient (Wildman–Crippen LogP) is 3.14. The van der Waals surface area contributed by atoms with Crippen LogP contribution in [0.4, 0.5) is 0 Å². The van der Waals surface area contributed by atoms with Crippen molar-refractivity contribution in [1.29, 1.82) is 0 Å². The van der Waals surface area contributed by atoms with Crippen molar-refractivity contribution in [3.8, 4) is 11.5 Å². The van der Waals surface area contributed by atoms with Crippen LogP contribution in [0.1, 0.15) is 20.3 Å². The Hall–Kier alpha value is -1.36. The predicted molar refractivity (Wildman–Crippen MR) is 78.6 cm³/mol. The van der Waals surface area contributed by atoms with Gasteiger partial charge in [-0.1, -0.05) is 6.92 Å². The Morgan fingerprint density at radius 3 is 2.85 bits per heavy atom. The van der Waals surface area contributed by atoms with Crippen LogP contribution in [0.15, 0.2) is 23.1 Å². The van der Waals surface area contributed by atoms with Crippen molar-refractivity contribution in [2.45, 2.75) is 25.2 Å². The summed E-state index contributed by atoms with van der Waals surface area (Å²) in [5.41, 5.74) is 0. The number of rotatable bonds is 5. The molecule has 0 bridgehead atoms. The van der Waals surface area contributed by atoms with E-state index in [1.54, 1.807) is 11.8 Å². The molecule has 0 N–H and O–H groups in total. The second kappa shape index (κ2) is 7.43. The number of hydrogen-bond acceptors (Lipinski definition) is 5. The number of benzene rings is 1. The van der Waals surface area contributed by atoms with Crippen LogP contribution in [-0.2, 0) is 9.53 Å². The number of carbonyl (C=O) groups is 1. The molecule has 20 heavy (non-hydrogen) atoms. The van der Waals surface area contributed by atoms with E-state index in [9.17, 15) is 4.79 Å². The Kier molecular flexibility index (Phi) is 5.59. The fourth-order valence-electron chi connectivity index (χ4n) is 1.81. The molecule has 1 aromatic rings. The van der Waals surface area contributed by atoms with E-state index >= 15 is 0 Å². The second-order valence-corrected chi connectivity index (χ2v) is 5.72. The average Bonchev–Trinajstić information content (AvgIpc) is 2.69. The Morgan fingerprint density at radius 2 is 2.10 bits per heavy atom. The van der Waals surface area contributed by atoms with E-state index in [0.717, 1.165) is 22.8 Å². The Bertz CT molecular complexity index is 461. The van der Waals surface area contributed by atoms with Gasteiger partial charge in [0.1, 0.15) is 0 Å². The van der Waals surface area contributed by atoms with Crippen molar-refractivity contribution in [1.82, 2.24) is 0 Å². The first-order valence-corrected chi connectivity index (χ1v) is 7.88. The number of carbonyl (C=O) groups excluding carboxylic acids is 1. The maximum absolute atomic E-state index is 11.6. The molecule has 0 spiro atoms. The summed E-state index contributed by atoms with van der Waals surface area (Å²) in [6, 6.07) is 5.90. The third kappa shape index (κ3) is 4.07. The molecule has 1 heterocycles. The van der Waals surface area contributed by atoms with Crippen LogP contribution < -0.4 is 9.47 Å². The molecule has 0 amide bonds. The molecule has 1 aromatic carbocycles. The lowest BCUT2D eigenvalue weighted by Gasteiger charge is -2.11. The van der Waals surface area contributed by atoms with Gasteiger partial charge in [-0.15, -0.1) is 11.8 Å². The number of fused-ring (bicyclic) bond motifs is 1. The summed E-state index contributed by atoms with van der Waals surface area (Å²) in [6.07, 6.45) is 0.900. The summed E-state index contributed by atoms with van der Waals surface area (Å²) in [7, 11) is 0. The van der Waals surface area contributed by atoms with Crippen molar-refractivity contribution in [2.75, 3.05) is 25.6 Å². The van der Waals surface area contributed by atoms with Gasteiger partial charge < -0.3 is 14.2 Å². The summed E-state index contributed by atoms with van der Waals surface area (Å²) in [5.74, 6) is 2.02. The molecule has 4 nitrogen and oxygen atoms in total. The van der Waals surface area contributed by atoms with E-state index in [1.165, 1.54) is 0 Å². The Labute approximate surface area is 123 Å². The van der Waals surface area contributed by atoms with E-state index < -0.39 is 0 Å². The van der Waals surface area contributed by atoms with Crippen LogP contribution in [0.3, 0.4) is 0 Å². The first-order valence-electron chi connectivity index (χ1n) is 6.89. The van der Waals surface area contributed by atoms with Crippen LogP contribution in [0.5, 0.6) is 11.5 Å². The van der Waals surface area contributed by atoms with Gasteiger partial charge in [-0.25, -0.2) is 0 Å². The first-order chi connectivity index (χ1) is 9.70. The quantitative estimate of drug-likeness (QED) is 0.617. The highest BCUT2D eigenvalue weighted by molar-refractivity contribution is 7.99. The largest absolute Gasteiger partial charge is 0.490 e. The van der Waals surface area contributed by atoms with Crippen molar-refractivity contribution >= 4 is 17.7 Å². The van der Waals surface area contributed by atoms with Crippen molar-refractivity contribution in [2.24, 2.45) is 5.92 Å². The monoisotopic (exact) mass is 296 g/mol. The van der Waals surface area contributed by atoms with Crippen LogP contribution in [0.2, 0.25) is 0 Å². The number of thioether (sulfide) groups is 1. The van der Waals surface area contributed by atoms with Crippen molar-refractivity contribution in [3.63, 3.8) is 0 Å². The first kappa shape index (κ1) is 15.0. The molecule has 0 aromatic heterocycles. The second-order valence-electron chi connectivity index (χ2n) is 4.62. The van der Waals surface area contributed by atoms with Crippen LogP contribution in [0.25, 0.3) is 0 Å². The van der Waals surface area contributed by atoms with Crippen molar-refractivity contribution < 1.29 is 19.0 Å². The standard InChI is InChI=1S/C15H20O4S/c1-3-17-15(16)11(2)10-20-12-5-6-13-14(9-12)19-8-4-7-18-13/h5-6,9,11H,3-4,7-8,10H2,1-2H3. The van der Waals surface area contributed by atoms with E-state index in [2.05, 4.69) is 0 Å². The third-order valence-corrected chi connectivity index (χ3v) is 4.16. The van der Waals surface area contributed by atoms with Crippen LogP contribution >= 0.6 is 11.8 Å². The van der Waals surface area contributed by atoms with E-state index in [-0.39, 0.29) is 11.9 Å². The van der Waals surface area contributed by atoms with Gasteiger partial charge in [0.05, 0.1) is 25.7 Å². The lowest BCUT2D eigenvalue weighted by atomic mass is 10.2. The molecule has 110 valence electrons. The minimum Gasteiger partial charge on any atom is -0.490 e. The molecule has 0 aliphatic carbocycles. The van der Waals surface area contributed by atoms with Gasteiger partial charge in [-0.3, -0.25) is 4.79 Å². The molecule has 0 saturated carbocycles. The molecular formula is C15H20O4S. The molecule has 0 fully saturated rings. The normalized spacial score (nSPS) is 15.3. The SMILES string of the molecule is CCOC(=O)C(C)CSc1ccc2c(c1)OCCCO2. The molecule has 2 rings (SSSR count). The van der Waals surface area contributed by atoms with Gasteiger partial charge in [-0.05, 0) is 25.1 Å². The maximum Gasteiger partial charge on any atom is 0.309 e. The average molecular weight is 296 g/mol. The van der Waals surface area contributed by atoms with E-state index in [4.69, 9.17) is 14.2 Å². The highest BCUT2D eigenvalue weighted by atomic mass is 32.2. The zero-order valence-corrected chi connectivity index (χ0v) is 12.7. The lowest BCUT2D eigenvalue weighted by molar-refractivity contribution is -0.146. The Morgan fingerprint density at radius 1 is 1.35 bits per heavy atom. The van der Waals surface area contributed by atoms with E-state index in [0.29, 0.717) is 25.6 Å². The van der Waals surface area contributed by atoms with Crippen LogP contribution in [0, 0.1) is 5.92 Å². The van der Waals surface area contributed by atoms with E-state index in [1.807, 2.05) is 32.0 Å². The topological polar surface area (TPSA) is 44.8 Å². The summed E-state index contributed by atoms with van der Waals surface area (Å²) in [6.45, 7) is 5.51. The fraction of sp³-hybridized carbons (Fsp3) is 0.533. The zero-order valence-electron chi connectivity index (χ0n) is 11.9. The minimum atomic E-state index is -0.144. The van der Waals surface area contributed by atoms with Gasteiger partial charge in [0, 0.05) is 17.1 Å². The molecule has 0 radical (unpaired) electrons. The summed E-state index contributed by atoms with van der Waals surface area (Å²) in [5, 5.41) is 0. The fourth-order valence-corrected chi connectivity index (χ4v) is 2.74. The van der Waals surface area contributed by atoms with Crippen LogP contribution in [-0.4, -0.2) is 31.5 Å². The Balaban J connectivity index is 1.93. The molecule has 5 heteroatoms. The smallest absolute Gasteiger partial charge is 0.309 e. The van der Waals surface area contributed by atoms with Gasteiger partial charge in [0.25, 0.3) is 0 Å². The van der Waals surface area contributed by atoms with Gasteiger partial charge in [0.2, 0.25) is 0 Å². The number of esters is 1. The van der Waals surface area contributed by atoms with Gasteiger partial charge >= 0.3 is 5.97 Å². The maximum atomic E-state index is 11.6. The zero-order chi connectivity index (χ0) is 14.4. The third-order valence-electron chi connectivity index (χ3n) is 2.91. The molecule has 1 atom stereocenters. The summed E-state index contributed by atoms with van der Waals surface area (Å²) >= 11 is 1.63. The molecule has 1 aliphatic heterocycles. The molecular weight excluding hydrogens is 276 g/mol. The lowest BCUT2D eigenvalue weighted by Crippen LogP contribution is -2.16.